The number of esters is 1. The molecule has 0 aliphatic carbocycles. The zero-order valence-corrected chi connectivity index (χ0v) is 10.8. The summed E-state index contributed by atoms with van der Waals surface area (Å²) in [7, 11) is 0. The van der Waals surface area contributed by atoms with E-state index in [9.17, 15) is 4.79 Å². The van der Waals surface area contributed by atoms with E-state index < -0.39 is 5.97 Å². The molecule has 2 rings (SSSR count). The highest BCUT2D eigenvalue weighted by Crippen LogP contribution is 2.25. The van der Waals surface area contributed by atoms with Gasteiger partial charge in [0.1, 0.15) is 0 Å². The van der Waals surface area contributed by atoms with Crippen molar-refractivity contribution in [1.29, 1.82) is 0 Å². The lowest BCUT2D eigenvalue weighted by molar-refractivity contribution is 0.0437. The van der Waals surface area contributed by atoms with Gasteiger partial charge >= 0.3 is 5.97 Å². The molecule has 5 nitrogen and oxygen atoms in total. The third kappa shape index (κ3) is 2.80. The van der Waals surface area contributed by atoms with E-state index in [1.165, 1.54) is 0 Å². The third-order valence-corrected chi connectivity index (χ3v) is 2.69. The van der Waals surface area contributed by atoms with Crippen LogP contribution < -0.4 is 0 Å². The molecule has 0 bridgehead atoms. The zero-order chi connectivity index (χ0) is 13.1. The van der Waals surface area contributed by atoms with Crippen LogP contribution in [0.2, 0.25) is 10.0 Å². The topological polar surface area (TPSA) is 65.2 Å². The Morgan fingerprint density at radius 1 is 1.33 bits per heavy atom. The molecule has 0 amide bonds. The molecule has 0 saturated carbocycles. The number of carbonyl (C=O) groups is 1. The van der Waals surface area contributed by atoms with Gasteiger partial charge in [-0.2, -0.15) is 0 Å². The van der Waals surface area contributed by atoms with Crippen LogP contribution in [0.25, 0.3) is 0 Å². The lowest BCUT2D eigenvalue weighted by Gasteiger charge is -2.05. The molecule has 0 atom stereocenters. The largest absolute Gasteiger partial charge is 0.452 e. The number of carbonyl (C=O) groups excluding carboxylic acids is 1. The average Bonchev–Trinajstić information content (AvgIpc) is 2.72. The van der Waals surface area contributed by atoms with Gasteiger partial charge < -0.3 is 9.15 Å². The van der Waals surface area contributed by atoms with Gasteiger partial charge in [-0.05, 0) is 12.1 Å². The summed E-state index contributed by atoms with van der Waals surface area (Å²) in [5.41, 5.74) is 0.122. The number of hydrogen-bond acceptors (Lipinski definition) is 5. The van der Waals surface area contributed by atoms with E-state index in [0.29, 0.717) is 5.89 Å². The van der Waals surface area contributed by atoms with Gasteiger partial charge in [0.05, 0.1) is 15.6 Å². The van der Waals surface area contributed by atoms with Crippen LogP contribution >= 0.6 is 23.2 Å². The van der Waals surface area contributed by atoms with Crippen molar-refractivity contribution >= 4 is 29.2 Å². The van der Waals surface area contributed by atoms with E-state index in [1.807, 2.05) is 0 Å². The molecule has 0 spiro atoms. The molecule has 0 aliphatic rings. The first kappa shape index (κ1) is 12.9. The summed E-state index contributed by atoms with van der Waals surface area (Å²) in [5, 5.41) is 7.77. The van der Waals surface area contributed by atoms with Crippen molar-refractivity contribution in [3.63, 3.8) is 0 Å². The lowest BCUT2D eigenvalue weighted by atomic mass is 10.2. The van der Waals surface area contributed by atoms with E-state index in [0.717, 1.165) is 0 Å². The van der Waals surface area contributed by atoms with Crippen LogP contribution in [-0.4, -0.2) is 16.2 Å². The molecule has 0 radical (unpaired) electrons. The van der Waals surface area contributed by atoms with Crippen molar-refractivity contribution in [2.45, 2.75) is 13.5 Å². The smallest absolute Gasteiger partial charge is 0.341 e. The fraction of sp³-hybridized carbons (Fsp3) is 0.182. The number of halogens is 2. The Morgan fingerprint density at radius 3 is 2.56 bits per heavy atom. The second-order valence-electron chi connectivity index (χ2n) is 3.39. The summed E-state index contributed by atoms with van der Waals surface area (Å²) in [6.07, 6.45) is 0. The average molecular weight is 287 g/mol. The maximum Gasteiger partial charge on any atom is 0.341 e. The Kier molecular flexibility index (Phi) is 3.84. The monoisotopic (exact) mass is 286 g/mol. The quantitative estimate of drug-likeness (QED) is 0.812. The Balaban J connectivity index is 2.08. The first-order valence-electron chi connectivity index (χ1n) is 4.98. The number of aryl methyl sites for hydroxylation is 1. The first-order chi connectivity index (χ1) is 8.58. The van der Waals surface area contributed by atoms with Gasteiger partial charge in [0, 0.05) is 6.92 Å². The molecule has 0 unspecified atom stereocenters. The highest BCUT2D eigenvalue weighted by molar-refractivity contribution is 6.39. The Morgan fingerprint density at radius 2 is 2.00 bits per heavy atom. The molecule has 18 heavy (non-hydrogen) atoms. The highest BCUT2D eigenvalue weighted by Gasteiger charge is 2.17. The molecular weight excluding hydrogens is 279 g/mol. The maximum atomic E-state index is 11.8. The van der Waals surface area contributed by atoms with Gasteiger partial charge in [-0.15, -0.1) is 10.2 Å². The van der Waals surface area contributed by atoms with Crippen LogP contribution in [0.3, 0.4) is 0 Å². The molecule has 0 aliphatic heterocycles. The van der Waals surface area contributed by atoms with Crippen molar-refractivity contribution in [2.24, 2.45) is 0 Å². The molecule has 0 N–H and O–H groups in total. The van der Waals surface area contributed by atoms with Gasteiger partial charge in [0.25, 0.3) is 5.89 Å². The maximum absolute atomic E-state index is 11.8. The Labute approximate surface area is 113 Å². The number of rotatable bonds is 3. The number of benzene rings is 1. The molecule has 7 heteroatoms. The van der Waals surface area contributed by atoms with Crippen molar-refractivity contribution in [2.75, 3.05) is 0 Å². The molecule has 2 aromatic rings. The SMILES string of the molecule is Cc1nnc(COC(=O)c2c(Cl)cccc2Cl)o1. The summed E-state index contributed by atoms with van der Waals surface area (Å²) in [6.45, 7) is 1.52. The predicted octanol–water partition coefficient (Wildman–Crippen LogP) is 3.04. The van der Waals surface area contributed by atoms with Crippen molar-refractivity contribution in [3.8, 4) is 0 Å². The second kappa shape index (κ2) is 5.37. The Bertz CT molecular complexity index is 563. The van der Waals surface area contributed by atoms with Crippen LogP contribution in [-0.2, 0) is 11.3 Å². The van der Waals surface area contributed by atoms with E-state index in [1.54, 1.807) is 25.1 Å². The summed E-state index contributed by atoms with van der Waals surface area (Å²) in [4.78, 5) is 11.8. The third-order valence-electron chi connectivity index (χ3n) is 2.06. The lowest BCUT2D eigenvalue weighted by Crippen LogP contribution is -2.07. The van der Waals surface area contributed by atoms with Gasteiger partial charge in [-0.1, -0.05) is 29.3 Å². The summed E-state index contributed by atoms with van der Waals surface area (Å²) < 4.78 is 10.0. The number of nitrogens with zero attached hydrogens (tertiary/aromatic N) is 2. The van der Waals surface area contributed by atoms with Crippen LogP contribution in [0.5, 0.6) is 0 Å². The van der Waals surface area contributed by atoms with E-state index in [4.69, 9.17) is 32.4 Å². The molecule has 1 aromatic heterocycles. The van der Waals surface area contributed by atoms with Crippen molar-refractivity contribution in [1.82, 2.24) is 10.2 Å². The zero-order valence-electron chi connectivity index (χ0n) is 9.31. The fourth-order valence-corrected chi connectivity index (χ4v) is 1.84. The fourth-order valence-electron chi connectivity index (χ4n) is 1.29. The van der Waals surface area contributed by atoms with Gasteiger partial charge in [0.2, 0.25) is 5.89 Å². The Hall–Kier alpha value is -1.59. The minimum absolute atomic E-state index is 0.122. The second-order valence-corrected chi connectivity index (χ2v) is 4.20. The van der Waals surface area contributed by atoms with Crippen molar-refractivity contribution < 1.29 is 13.9 Å². The van der Waals surface area contributed by atoms with Crippen LogP contribution in [0.15, 0.2) is 22.6 Å². The molecule has 94 valence electrons. The molecule has 1 heterocycles. The standard InChI is InChI=1S/C11H8Cl2N2O3/c1-6-14-15-9(18-6)5-17-11(16)10-7(12)3-2-4-8(10)13/h2-4H,5H2,1H3. The van der Waals surface area contributed by atoms with E-state index >= 15 is 0 Å². The number of hydrogen-bond donors (Lipinski definition) is 0. The van der Waals surface area contributed by atoms with E-state index in [-0.39, 0.29) is 28.1 Å². The minimum atomic E-state index is -0.638. The van der Waals surface area contributed by atoms with Crippen LogP contribution in [0.4, 0.5) is 0 Å². The molecule has 1 aromatic carbocycles. The highest BCUT2D eigenvalue weighted by atomic mass is 35.5. The minimum Gasteiger partial charge on any atom is -0.452 e. The molecule has 0 saturated heterocycles. The van der Waals surface area contributed by atoms with Gasteiger partial charge in [-0.3, -0.25) is 0 Å². The van der Waals surface area contributed by atoms with Crippen molar-refractivity contribution in [3.05, 3.63) is 45.6 Å². The summed E-state index contributed by atoms with van der Waals surface area (Å²) >= 11 is 11.7. The number of ether oxygens (including phenoxy) is 1. The number of aromatic nitrogens is 2. The normalized spacial score (nSPS) is 10.4. The van der Waals surface area contributed by atoms with Crippen LogP contribution in [0.1, 0.15) is 22.1 Å². The summed E-state index contributed by atoms with van der Waals surface area (Å²) in [5.74, 6) is -0.0256. The molecular formula is C11H8Cl2N2O3. The first-order valence-corrected chi connectivity index (χ1v) is 5.73. The van der Waals surface area contributed by atoms with Gasteiger partial charge in [0.15, 0.2) is 6.61 Å². The summed E-state index contributed by atoms with van der Waals surface area (Å²) in [6, 6.07) is 4.75. The van der Waals surface area contributed by atoms with E-state index in [2.05, 4.69) is 10.2 Å². The molecule has 0 fully saturated rings. The van der Waals surface area contributed by atoms with Gasteiger partial charge in [-0.25, -0.2) is 4.79 Å². The van der Waals surface area contributed by atoms with Crippen LogP contribution in [0, 0.1) is 6.92 Å². The predicted molar refractivity (Wildman–Crippen MR) is 64.6 cm³/mol.